The second kappa shape index (κ2) is 4.65. The Hall–Kier alpha value is -1.18. The highest BCUT2D eigenvalue weighted by Crippen LogP contribution is 2.04. The summed E-state index contributed by atoms with van der Waals surface area (Å²) >= 11 is 0. The van der Waals surface area contributed by atoms with Crippen LogP contribution in [0.1, 0.15) is 29.6 Å². The molecule has 1 radical (unpaired) electrons. The molecule has 0 spiro atoms. The number of aromatic nitrogens is 1. The average molecular weight is 162 g/mol. The smallest absolute Gasteiger partial charge is 0.164 e. The van der Waals surface area contributed by atoms with Gasteiger partial charge >= 0.3 is 0 Å². The maximum Gasteiger partial charge on any atom is 0.164 e. The van der Waals surface area contributed by atoms with Gasteiger partial charge in [0, 0.05) is 24.4 Å². The second-order valence-electron chi connectivity index (χ2n) is 2.62. The first-order valence-corrected chi connectivity index (χ1v) is 4.07. The molecule has 1 heterocycles. The summed E-state index contributed by atoms with van der Waals surface area (Å²) in [5.41, 5.74) is 0.700. The van der Waals surface area contributed by atoms with Gasteiger partial charge in [-0.05, 0) is 18.6 Å². The van der Waals surface area contributed by atoms with Crippen LogP contribution in [0.3, 0.4) is 0 Å². The Balaban J connectivity index is 2.54. The molecule has 1 rings (SSSR count). The molecule has 2 nitrogen and oxygen atoms in total. The van der Waals surface area contributed by atoms with Crippen molar-refractivity contribution in [1.29, 1.82) is 0 Å². The van der Waals surface area contributed by atoms with Crippen LogP contribution in [0, 0.1) is 6.92 Å². The number of Topliss-reactive ketones (excluding diaryl/α,β-unsaturated/α-hetero) is 1. The first-order valence-electron chi connectivity index (χ1n) is 4.07. The maximum atomic E-state index is 11.3. The number of hydrogen-bond donors (Lipinski definition) is 0. The van der Waals surface area contributed by atoms with Gasteiger partial charge in [-0.15, -0.1) is 0 Å². The van der Waals surface area contributed by atoms with E-state index in [-0.39, 0.29) is 5.78 Å². The van der Waals surface area contributed by atoms with Crippen LogP contribution in [0.5, 0.6) is 0 Å². The molecule has 0 aromatic carbocycles. The van der Waals surface area contributed by atoms with E-state index in [1.807, 2.05) is 0 Å². The Bertz CT molecular complexity index is 243. The zero-order valence-electron chi connectivity index (χ0n) is 6.99. The lowest BCUT2D eigenvalue weighted by Gasteiger charge is -1.97. The van der Waals surface area contributed by atoms with Crippen molar-refractivity contribution >= 4 is 5.78 Å². The van der Waals surface area contributed by atoms with E-state index < -0.39 is 0 Å². The molecule has 0 saturated heterocycles. The number of pyridine rings is 1. The van der Waals surface area contributed by atoms with Gasteiger partial charge in [-0.3, -0.25) is 9.78 Å². The van der Waals surface area contributed by atoms with Crippen molar-refractivity contribution in [3.05, 3.63) is 37.0 Å². The van der Waals surface area contributed by atoms with Gasteiger partial charge in [0.2, 0.25) is 0 Å². The molecular formula is C10H12NO. The van der Waals surface area contributed by atoms with Crippen LogP contribution in [0.2, 0.25) is 0 Å². The van der Waals surface area contributed by atoms with E-state index in [0.29, 0.717) is 12.0 Å². The van der Waals surface area contributed by atoms with E-state index in [9.17, 15) is 4.79 Å². The van der Waals surface area contributed by atoms with Crippen LogP contribution >= 0.6 is 0 Å². The van der Waals surface area contributed by atoms with Crippen molar-refractivity contribution in [2.45, 2.75) is 19.3 Å². The number of unbranched alkanes of at least 4 members (excludes halogenated alkanes) is 1. The summed E-state index contributed by atoms with van der Waals surface area (Å²) in [6.45, 7) is 3.68. The Morgan fingerprint density at radius 3 is 3.00 bits per heavy atom. The first-order chi connectivity index (χ1) is 5.84. The predicted molar refractivity (Wildman–Crippen MR) is 47.8 cm³/mol. The number of rotatable bonds is 4. The Labute approximate surface area is 72.6 Å². The molecule has 0 N–H and O–H groups in total. The lowest BCUT2D eigenvalue weighted by molar-refractivity contribution is 0.0980. The van der Waals surface area contributed by atoms with Crippen molar-refractivity contribution in [2.24, 2.45) is 0 Å². The third kappa shape index (κ3) is 2.46. The fourth-order valence-electron chi connectivity index (χ4n) is 0.958. The van der Waals surface area contributed by atoms with E-state index in [0.717, 1.165) is 12.8 Å². The molecule has 0 atom stereocenters. The normalized spacial score (nSPS) is 9.75. The number of carbonyl (C=O) groups excluding carboxylic acids is 1. The number of nitrogens with zero attached hydrogens (tertiary/aromatic N) is 1. The fourth-order valence-corrected chi connectivity index (χ4v) is 0.958. The van der Waals surface area contributed by atoms with Crippen molar-refractivity contribution in [3.63, 3.8) is 0 Å². The van der Waals surface area contributed by atoms with Gasteiger partial charge in [0.15, 0.2) is 5.78 Å². The minimum atomic E-state index is 0.159. The SMILES string of the molecule is [CH2]CCCC(=O)c1cccnc1. The summed E-state index contributed by atoms with van der Waals surface area (Å²) in [6, 6.07) is 3.57. The zero-order chi connectivity index (χ0) is 8.81. The molecule has 2 heteroatoms. The third-order valence-electron chi connectivity index (χ3n) is 1.64. The molecule has 0 bridgehead atoms. The van der Waals surface area contributed by atoms with Crippen LogP contribution in [0.25, 0.3) is 0 Å². The summed E-state index contributed by atoms with van der Waals surface area (Å²) in [5, 5.41) is 0. The average Bonchev–Trinajstić information content (AvgIpc) is 2.15. The van der Waals surface area contributed by atoms with Gasteiger partial charge in [0.1, 0.15) is 0 Å². The molecule has 12 heavy (non-hydrogen) atoms. The summed E-state index contributed by atoms with van der Waals surface area (Å²) in [7, 11) is 0. The minimum absolute atomic E-state index is 0.159. The molecule has 0 amide bonds. The quantitative estimate of drug-likeness (QED) is 0.636. The molecule has 0 aliphatic heterocycles. The predicted octanol–water partition coefficient (Wildman–Crippen LogP) is 2.27. The van der Waals surface area contributed by atoms with Crippen molar-refractivity contribution < 1.29 is 4.79 Å². The highest BCUT2D eigenvalue weighted by molar-refractivity contribution is 5.95. The molecule has 0 saturated carbocycles. The number of carbonyl (C=O) groups is 1. The van der Waals surface area contributed by atoms with Crippen molar-refractivity contribution in [1.82, 2.24) is 4.98 Å². The van der Waals surface area contributed by atoms with Crippen LogP contribution in [-0.4, -0.2) is 10.8 Å². The molecule has 0 unspecified atom stereocenters. The third-order valence-corrected chi connectivity index (χ3v) is 1.64. The highest BCUT2D eigenvalue weighted by Gasteiger charge is 2.03. The first kappa shape index (κ1) is 8.91. The van der Waals surface area contributed by atoms with Crippen LogP contribution in [0.15, 0.2) is 24.5 Å². The highest BCUT2D eigenvalue weighted by atomic mass is 16.1. The van der Waals surface area contributed by atoms with E-state index in [4.69, 9.17) is 0 Å². The number of hydrogen-bond acceptors (Lipinski definition) is 2. The minimum Gasteiger partial charge on any atom is -0.294 e. The molecular weight excluding hydrogens is 150 g/mol. The molecule has 0 fully saturated rings. The van der Waals surface area contributed by atoms with Gasteiger partial charge in [0.25, 0.3) is 0 Å². The molecule has 0 aliphatic rings. The summed E-state index contributed by atoms with van der Waals surface area (Å²) in [4.78, 5) is 15.2. The van der Waals surface area contributed by atoms with Crippen LogP contribution in [0.4, 0.5) is 0 Å². The van der Waals surface area contributed by atoms with E-state index in [1.165, 1.54) is 0 Å². The topological polar surface area (TPSA) is 30.0 Å². The lowest BCUT2D eigenvalue weighted by atomic mass is 10.1. The van der Waals surface area contributed by atoms with Gasteiger partial charge < -0.3 is 0 Å². The van der Waals surface area contributed by atoms with E-state index >= 15 is 0 Å². The van der Waals surface area contributed by atoms with Crippen LogP contribution < -0.4 is 0 Å². The van der Waals surface area contributed by atoms with Gasteiger partial charge in [-0.1, -0.05) is 13.3 Å². The largest absolute Gasteiger partial charge is 0.294 e. The van der Waals surface area contributed by atoms with Crippen LogP contribution in [-0.2, 0) is 0 Å². The Kier molecular flexibility index (Phi) is 3.45. The maximum absolute atomic E-state index is 11.3. The standard InChI is InChI=1S/C10H12NO/c1-2-3-6-10(12)9-5-4-7-11-8-9/h4-5,7-8H,1-3,6H2. The van der Waals surface area contributed by atoms with Gasteiger partial charge in [-0.25, -0.2) is 0 Å². The molecule has 1 aromatic rings. The number of ketones is 1. The molecule has 1 aromatic heterocycles. The van der Waals surface area contributed by atoms with Crippen molar-refractivity contribution in [2.75, 3.05) is 0 Å². The van der Waals surface area contributed by atoms with Gasteiger partial charge in [-0.2, -0.15) is 0 Å². The Morgan fingerprint density at radius 1 is 1.58 bits per heavy atom. The second-order valence-corrected chi connectivity index (χ2v) is 2.62. The zero-order valence-corrected chi connectivity index (χ0v) is 6.99. The Morgan fingerprint density at radius 2 is 2.42 bits per heavy atom. The molecule has 63 valence electrons. The molecule has 0 aliphatic carbocycles. The monoisotopic (exact) mass is 162 g/mol. The van der Waals surface area contributed by atoms with E-state index in [2.05, 4.69) is 11.9 Å². The summed E-state index contributed by atoms with van der Waals surface area (Å²) in [5.74, 6) is 0.159. The van der Waals surface area contributed by atoms with Gasteiger partial charge in [0.05, 0.1) is 0 Å². The summed E-state index contributed by atoms with van der Waals surface area (Å²) < 4.78 is 0. The lowest BCUT2D eigenvalue weighted by Crippen LogP contribution is -1.98. The fraction of sp³-hybridized carbons (Fsp3) is 0.300. The van der Waals surface area contributed by atoms with E-state index in [1.54, 1.807) is 24.5 Å². The van der Waals surface area contributed by atoms with Crippen molar-refractivity contribution in [3.8, 4) is 0 Å². The summed E-state index contributed by atoms with van der Waals surface area (Å²) in [6.07, 6.45) is 5.51.